The lowest BCUT2D eigenvalue weighted by Gasteiger charge is -2.17. The van der Waals surface area contributed by atoms with Gasteiger partial charge in [-0.05, 0) is 18.2 Å². The molecule has 0 aliphatic carbocycles. The Balaban J connectivity index is 2.63. The number of nitrogens with two attached hydrogens (primary N) is 1. The zero-order valence-electron chi connectivity index (χ0n) is 8.79. The molecule has 0 bridgehead atoms. The van der Waals surface area contributed by atoms with E-state index in [9.17, 15) is 8.78 Å². The van der Waals surface area contributed by atoms with Crippen LogP contribution in [0.1, 0.15) is 11.1 Å². The first-order chi connectivity index (χ1) is 7.13. The molecule has 15 heavy (non-hydrogen) atoms. The Labute approximate surface area is 88.7 Å². The van der Waals surface area contributed by atoms with E-state index in [1.54, 1.807) is 11.9 Å². The summed E-state index contributed by atoms with van der Waals surface area (Å²) < 4.78 is 24.2. The lowest BCUT2D eigenvalue weighted by molar-refractivity contribution is 0.0974. The van der Waals surface area contributed by atoms with Crippen molar-refractivity contribution in [1.82, 2.24) is 4.90 Å². The number of benzene rings is 1. The molecule has 0 aromatic heterocycles. The van der Waals surface area contributed by atoms with Crippen LogP contribution in [0.5, 0.6) is 0 Å². The zero-order chi connectivity index (χ0) is 11.3. The molecule has 0 fully saturated rings. The number of hydrogen-bond donors (Lipinski definition) is 1. The lowest BCUT2D eigenvalue weighted by Crippen LogP contribution is -2.24. The van der Waals surface area contributed by atoms with Gasteiger partial charge in [0.15, 0.2) is 0 Å². The highest BCUT2D eigenvalue weighted by Crippen LogP contribution is 2.11. The van der Waals surface area contributed by atoms with Crippen molar-refractivity contribution in [1.29, 1.82) is 0 Å². The van der Waals surface area contributed by atoms with E-state index in [2.05, 4.69) is 0 Å². The smallest absolute Gasteiger partial charge is 0.251 e. The molecule has 0 heterocycles. The van der Waals surface area contributed by atoms with Crippen LogP contribution in [-0.2, 0) is 13.1 Å². The summed E-state index contributed by atoms with van der Waals surface area (Å²) >= 11 is 0. The number of alkyl halides is 2. The molecule has 1 rings (SSSR count). The molecule has 84 valence electrons. The highest BCUT2D eigenvalue weighted by atomic mass is 19.3. The summed E-state index contributed by atoms with van der Waals surface area (Å²) in [6, 6.07) is 7.64. The maximum Gasteiger partial charge on any atom is 0.251 e. The monoisotopic (exact) mass is 214 g/mol. The second kappa shape index (κ2) is 5.78. The third-order valence-electron chi connectivity index (χ3n) is 2.23. The Hall–Kier alpha value is -1.00. The van der Waals surface area contributed by atoms with Crippen molar-refractivity contribution in [2.45, 2.75) is 19.5 Å². The Morgan fingerprint density at radius 3 is 2.40 bits per heavy atom. The Bertz CT molecular complexity index is 302. The highest BCUT2D eigenvalue weighted by molar-refractivity contribution is 5.26. The van der Waals surface area contributed by atoms with Crippen LogP contribution < -0.4 is 5.73 Å². The first-order valence-electron chi connectivity index (χ1n) is 4.87. The number of halogens is 2. The van der Waals surface area contributed by atoms with Gasteiger partial charge in [0.2, 0.25) is 0 Å². The van der Waals surface area contributed by atoms with Crippen molar-refractivity contribution < 1.29 is 8.78 Å². The van der Waals surface area contributed by atoms with Gasteiger partial charge in [-0.3, -0.25) is 4.90 Å². The molecule has 0 spiro atoms. The van der Waals surface area contributed by atoms with Gasteiger partial charge in [-0.2, -0.15) is 0 Å². The molecule has 0 atom stereocenters. The topological polar surface area (TPSA) is 29.3 Å². The maximum absolute atomic E-state index is 12.1. The van der Waals surface area contributed by atoms with Gasteiger partial charge in [-0.25, -0.2) is 8.78 Å². The highest BCUT2D eigenvalue weighted by Gasteiger charge is 2.09. The minimum absolute atomic E-state index is 0.209. The van der Waals surface area contributed by atoms with Crippen LogP contribution in [0.25, 0.3) is 0 Å². The SMILES string of the molecule is CN(Cc1ccccc1CN)CC(F)F. The van der Waals surface area contributed by atoms with E-state index in [4.69, 9.17) is 5.73 Å². The molecule has 1 aromatic rings. The second-order valence-corrected chi connectivity index (χ2v) is 3.56. The van der Waals surface area contributed by atoms with Crippen LogP contribution in [0.15, 0.2) is 24.3 Å². The molecule has 0 aliphatic heterocycles. The van der Waals surface area contributed by atoms with E-state index in [1.165, 1.54) is 0 Å². The molecular weight excluding hydrogens is 198 g/mol. The third kappa shape index (κ3) is 3.93. The third-order valence-corrected chi connectivity index (χ3v) is 2.23. The van der Waals surface area contributed by atoms with Crippen molar-refractivity contribution >= 4 is 0 Å². The van der Waals surface area contributed by atoms with Crippen LogP contribution in [0, 0.1) is 0 Å². The van der Waals surface area contributed by atoms with Gasteiger partial charge in [0.25, 0.3) is 6.43 Å². The fourth-order valence-electron chi connectivity index (χ4n) is 1.50. The quantitative estimate of drug-likeness (QED) is 0.810. The van der Waals surface area contributed by atoms with Crippen molar-refractivity contribution in [2.24, 2.45) is 5.73 Å². The van der Waals surface area contributed by atoms with E-state index < -0.39 is 6.43 Å². The molecule has 4 heteroatoms. The van der Waals surface area contributed by atoms with E-state index in [0.717, 1.165) is 11.1 Å². The molecule has 0 amide bonds. The van der Waals surface area contributed by atoms with Crippen LogP contribution in [0.2, 0.25) is 0 Å². The van der Waals surface area contributed by atoms with Gasteiger partial charge in [0.1, 0.15) is 0 Å². The minimum Gasteiger partial charge on any atom is -0.326 e. The molecular formula is C11H16F2N2. The number of hydrogen-bond acceptors (Lipinski definition) is 2. The largest absolute Gasteiger partial charge is 0.326 e. The Morgan fingerprint density at radius 2 is 1.87 bits per heavy atom. The maximum atomic E-state index is 12.1. The molecule has 1 aromatic carbocycles. The van der Waals surface area contributed by atoms with Crippen LogP contribution in [0.4, 0.5) is 8.78 Å². The predicted octanol–water partition coefficient (Wildman–Crippen LogP) is 1.84. The summed E-state index contributed by atoms with van der Waals surface area (Å²) in [6.45, 7) is 0.745. The van der Waals surface area contributed by atoms with Crippen molar-refractivity contribution in [3.63, 3.8) is 0 Å². The zero-order valence-corrected chi connectivity index (χ0v) is 8.79. The first-order valence-corrected chi connectivity index (χ1v) is 4.87. The molecule has 2 nitrogen and oxygen atoms in total. The number of nitrogens with zero attached hydrogens (tertiary/aromatic N) is 1. The van der Waals surface area contributed by atoms with E-state index >= 15 is 0 Å². The molecule has 0 aliphatic rings. The molecule has 2 N–H and O–H groups in total. The van der Waals surface area contributed by atoms with E-state index in [1.807, 2.05) is 24.3 Å². The van der Waals surface area contributed by atoms with Crippen LogP contribution in [-0.4, -0.2) is 24.9 Å². The fraction of sp³-hybridized carbons (Fsp3) is 0.455. The van der Waals surface area contributed by atoms with Crippen molar-refractivity contribution in [3.8, 4) is 0 Å². The van der Waals surface area contributed by atoms with Gasteiger partial charge in [-0.15, -0.1) is 0 Å². The van der Waals surface area contributed by atoms with Gasteiger partial charge in [-0.1, -0.05) is 24.3 Å². The van der Waals surface area contributed by atoms with E-state index in [0.29, 0.717) is 13.1 Å². The average molecular weight is 214 g/mol. The van der Waals surface area contributed by atoms with Crippen molar-refractivity contribution in [3.05, 3.63) is 35.4 Å². The average Bonchev–Trinajstić information content (AvgIpc) is 2.17. The summed E-state index contributed by atoms with van der Waals surface area (Å²) in [5, 5.41) is 0. The summed E-state index contributed by atoms with van der Waals surface area (Å²) in [5.41, 5.74) is 7.59. The standard InChI is InChI=1S/C11H16F2N2/c1-15(8-11(12)13)7-10-5-3-2-4-9(10)6-14/h2-5,11H,6-8,14H2,1H3. The normalized spacial score (nSPS) is 11.3. The Kier molecular flexibility index (Phi) is 4.65. The van der Waals surface area contributed by atoms with E-state index in [-0.39, 0.29) is 6.54 Å². The lowest BCUT2D eigenvalue weighted by atomic mass is 10.1. The summed E-state index contributed by atoms with van der Waals surface area (Å²) in [5.74, 6) is 0. The molecule has 0 saturated carbocycles. The summed E-state index contributed by atoms with van der Waals surface area (Å²) in [6.07, 6.45) is -2.29. The van der Waals surface area contributed by atoms with Crippen molar-refractivity contribution in [2.75, 3.05) is 13.6 Å². The second-order valence-electron chi connectivity index (χ2n) is 3.56. The molecule has 0 saturated heterocycles. The van der Waals surface area contributed by atoms with Crippen LogP contribution >= 0.6 is 0 Å². The number of rotatable bonds is 5. The van der Waals surface area contributed by atoms with Gasteiger partial charge in [0.05, 0.1) is 6.54 Å². The molecule has 0 radical (unpaired) electrons. The first kappa shape index (κ1) is 12.1. The van der Waals surface area contributed by atoms with Crippen LogP contribution in [0.3, 0.4) is 0 Å². The molecule has 0 unspecified atom stereocenters. The van der Waals surface area contributed by atoms with Gasteiger partial charge < -0.3 is 5.73 Å². The minimum atomic E-state index is -2.29. The Morgan fingerprint density at radius 1 is 1.27 bits per heavy atom. The summed E-state index contributed by atoms with van der Waals surface area (Å²) in [4.78, 5) is 1.60. The fourth-order valence-corrected chi connectivity index (χ4v) is 1.50. The summed E-state index contributed by atoms with van der Waals surface area (Å²) in [7, 11) is 1.68. The van der Waals surface area contributed by atoms with Gasteiger partial charge >= 0.3 is 0 Å². The van der Waals surface area contributed by atoms with Gasteiger partial charge in [0, 0.05) is 13.1 Å². The predicted molar refractivity (Wildman–Crippen MR) is 56.7 cm³/mol.